The summed E-state index contributed by atoms with van der Waals surface area (Å²) in [7, 11) is 1.61. The minimum Gasteiger partial charge on any atom is -0.497 e. The predicted molar refractivity (Wildman–Crippen MR) is 93.7 cm³/mol. The molecule has 2 rings (SSSR count). The third kappa shape index (κ3) is 5.37. The highest BCUT2D eigenvalue weighted by molar-refractivity contribution is 5.73. The van der Waals surface area contributed by atoms with Crippen molar-refractivity contribution in [1.82, 2.24) is 4.90 Å². The summed E-state index contributed by atoms with van der Waals surface area (Å²) in [6, 6.07) is 7.66. The number of hydrogen-bond donors (Lipinski definition) is 1. The number of amides is 1. The third-order valence-electron chi connectivity index (χ3n) is 4.38. The summed E-state index contributed by atoms with van der Waals surface area (Å²) in [4.78, 5) is 25.4. The van der Waals surface area contributed by atoms with Crippen molar-refractivity contribution in [1.29, 1.82) is 0 Å². The Morgan fingerprint density at radius 1 is 1.24 bits per heavy atom. The number of carbonyl (C=O) groups excluding carboxylic acids is 1. The van der Waals surface area contributed by atoms with Crippen LogP contribution in [0.1, 0.15) is 32.8 Å². The van der Waals surface area contributed by atoms with Crippen molar-refractivity contribution in [3.63, 3.8) is 0 Å². The Balaban J connectivity index is 2.03. The molecule has 2 atom stereocenters. The largest absolute Gasteiger partial charge is 0.497 e. The van der Waals surface area contributed by atoms with E-state index in [0.29, 0.717) is 19.4 Å². The molecule has 1 heterocycles. The number of piperidine rings is 1. The van der Waals surface area contributed by atoms with Crippen molar-refractivity contribution in [2.45, 2.75) is 39.2 Å². The first-order chi connectivity index (χ1) is 11.7. The van der Waals surface area contributed by atoms with Gasteiger partial charge in [-0.3, -0.25) is 4.79 Å². The molecule has 0 unspecified atom stereocenters. The molecular formula is C19H27NO5. The molecule has 0 spiro atoms. The van der Waals surface area contributed by atoms with Crippen molar-refractivity contribution in [3.8, 4) is 5.75 Å². The molecule has 0 aliphatic carbocycles. The zero-order valence-electron chi connectivity index (χ0n) is 15.3. The number of rotatable bonds is 4. The Morgan fingerprint density at radius 3 is 2.40 bits per heavy atom. The number of carboxylic acids is 1. The van der Waals surface area contributed by atoms with Gasteiger partial charge in [-0.25, -0.2) is 4.79 Å². The Labute approximate surface area is 148 Å². The van der Waals surface area contributed by atoms with Crippen LogP contribution < -0.4 is 4.74 Å². The molecule has 1 aliphatic heterocycles. The molecule has 25 heavy (non-hydrogen) atoms. The van der Waals surface area contributed by atoms with Gasteiger partial charge in [0.15, 0.2) is 0 Å². The second kappa shape index (κ2) is 7.76. The molecule has 138 valence electrons. The van der Waals surface area contributed by atoms with Gasteiger partial charge in [0.05, 0.1) is 13.0 Å². The van der Waals surface area contributed by atoms with Gasteiger partial charge in [0.1, 0.15) is 11.4 Å². The van der Waals surface area contributed by atoms with E-state index in [2.05, 4.69) is 0 Å². The molecule has 6 heteroatoms. The van der Waals surface area contributed by atoms with Gasteiger partial charge in [-0.2, -0.15) is 0 Å². The fraction of sp³-hybridized carbons (Fsp3) is 0.579. The van der Waals surface area contributed by atoms with E-state index in [1.165, 1.54) is 4.90 Å². The average molecular weight is 349 g/mol. The van der Waals surface area contributed by atoms with Crippen molar-refractivity contribution in [2.75, 3.05) is 20.2 Å². The van der Waals surface area contributed by atoms with E-state index in [4.69, 9.17) is 9.47 Å². The number of benzene rings is 1. The van der Waals surface area contributed by atoms with Gasteiger partial charge in [-0.1, -0.05) is 12.1 Å². The van der Waals surface area contributed by atoms with Crippen molar-refractivity contribution in [2.24, 2.45) is 11.8 Å². The summed E-state index contributed by atoms with van der Waals surface area (Å²) >= 11 is 0. The smallest absolute Gasteiger partial charge is 0.410 e. The molecule has 0 aromatic heterocycles. The van der Waals surface area contributed by atoms with Crippen molar-refractivity contribution < 1.29 is 24.2 Å². The molecule has 1 saturated heterocycles. The van der Waals surface area contributed by atoms with E-state index in [1.54, 1.807) is 27.9 Å². The van der Waals surface area contributed by atoms with Gasteiger partial charge in [0, 0.05) is 13.1 Å². The number of hydrogen-bond acceptors (Lipinski definition) is 4. The second-order valence-corrected chi connectivity index (χ2v) is 7.47. The fourth-order valence-electron chi connectivity index (χ4n) is 3.08. The topological polar surface area (TPSA) is 76.1 Å². The first kappa shape index (κ1) is 19.1. The van der Waals surface area contributed by atoms with Crippen LogP contribution in [0, 0.1) is 11.8 Å². The maximum absolute atomic E-state index is 12.2. The maximum Gasteiger partial charge on any atom is 0.410 e. The highest BCUT2D eigenvalue weighted by Crippen LogP contribution is 2.29. The zero-order chi connectivity index (χ0) is 18.6. The summed E-state index contributed by atoms with van der Waals surface area (Å²) in [5.74, 6) is -0.696. The van der Waals surface area contributed by atoms with E-state index in [0.717, 1.165) is 11.3 Å². The third-order valence-corrected chi connectivity index (χ3v) is 4.38. The molecular weight excluding hydrogens is 322 g/mol. The lowest BCUT2D eigenvalue weighted by Crippen LogP contribution is -2.48. The number of ether oxygens (including phenoxy) is 2. The van der Waals surface area contributed by atoms with Crippen LogP contribution in [0.3, 0.4) is 0 Å². The number of likely N-dealkylation sites (tertiary alicyclic amines) is 1. The summed E-state index contributed by atoms with van der Waals surface area (Å²) in [5.41, 5.74) is 0.484. The van der Waals surface area contributed by atoms with Crippen LogP contribution in [0.25, 0.3) is 0 Å². The molecule has 1 fully saturated rings. The normalized spacial score (nSPS) is 20.9. The van der Waals surface area contributed by atoms with E-state index >= 15 is 0 Å². The maximum atomic E-state index is 12.2. The lowest BCUT2D eigenvalue weighted by molar-refractivity contribution is -0.145. The minimum absolute atomic E-state index is 0.00965. The molecule has 0 radical (unpaired) electrons. The number of carboxylic acid groups (broad SMARTS) is 1. The summed E-state index contributed by atoms with van der Waals surface area (Å²) in [5, 5.41) is 9.60. The highest BCUT2D eigenvalue weighted by Gasteiger charge is 2.37. The SMILES string of the molecule is COc1ccc(C[C@@H]2CCN(C(=O)OC(C)(C)C)C[C@H]2C(=O)O)cc1. The number of aliphatic carboxylic acids is 1. The van der Waals surface area contributed by atoms with E-state index in [9.17, 15) is 14.7 Å². The summed E-state index contributed by atoms with van der Waals surface area (Å²) < 4.78 is 10.5. The number of methoxy groups -OCH3 is 1. The summed E-state index contributed by atoms with van der Waals surface area (Å²) in [6.45, 7) is 6.10. The van der Waals surface area contributed by atoms with Crippen LogP contribution in [-0.2, 0) is 16.0 Å². The first-order valence-electron chi connectivity index (χ1n) is 8.53. The average Bonchev–Trinajstić information content (AvgIpc) is 2.54. The van der Waals surface area contributed by atoms with Crippen molar-refractivity contribution >= 4 is 12.1 Å². The highest BCUT2D eigenvalue weighted by atomic mass is 16.6. The fourth-order valence-corrected chi connectivity index (χ4v) is 3.08. The second-order valence-electron chi connectivity index (χ2n) is 7.47. The monoisotopic (exact) mass is 349 g/mol. The molecule has 1 aromatic carbocycles. The molecule has 0 saturated carbocycles. The Hall–Kier alpha value is -2.24. The van der Waals surface area contributed by atoms with Crippen LogP contribution in [0.15, 0.2) is 24.3 Å². The van der Waals surface area contributed by atoms with Crippen LogP contribution >= 0.6 is 0 Å². The lowest BCUT2D eigenvalue weighted by atomic mass is 9.81. The minimum atomic E-state index is -0.869. The Morgan fingerprint density at radius 2 is 1.88 bits per heavy atom. The Bertz CT molecular complexity index is 605. The van der Waals surface area contributed by atoms with Gasteiger partial charge in [-0.05, 0) is 57.2 Å². The molecule has 1 N–H and O–H groups in total. The van der Waals surface area contributed by atoms with Crippen LogP contribution in [-0.4, -0.2) is 47.9 Å². The number of carbonyl (C=O) groups is 2. The Kier molecular flexibility index (Phi) is 5.93. The van der Waals surface area contributed by atoms with Crippen LogP contribution in [0.5, 0.6) is 5.75 Å². The van der Waals surface area contributed by atoms with Gasteiger partial charge in [0.25, 0.3) is 0 Å². The molecule has 1 aromatic rings. The molecule has 1 aliphatic rings. The molecule has 0 bridgehead atoms. The molecule has 1 amide bonds. The lowest BCUT2D eigenvalue weighted by Gasteiger charge is -2.37. The van der Waals surface area contributed by atoms with Crippen LogP contribution in [0.4, 0.5) is 4.79 Å². The van der Waals surface area contributed by atoms with Gasteiger partial charge >= 0.3 is 12.1 Å². The standard InChI is InChI=1S/C19H27NO5/c1-19(2,3)25-18(23)20-10-9-14(16(12-20)17(21)22)11-13-5-7-15(24-4)8-6-13/h5-8,14,16H,9-12H2,1-4H3,(H,21,22)/t14-,16+/m0/s1. The summed E-state index contributed by atoms with van der Waals surface area (Å²) in [6.07, 6.45) is 0.868. The molecule has 6 nitrogen and oxygen atoms in total. The van der Waals surface area contributed by atoms with Gasteiger partial charge in [-0.15, -0.1) is 0 Å². The van der Waals surface area contributed by atoms with Crippen molar-refractivity contribution in [3.05, 3.63) is 29.8 Å². The van der Waals surface area contributed by atoms with Gasteiger partial charge in [0.2, 0.25) is 0 Å². The van der Waals surface area contributed by atoms with Crippen LogP contribution in [0.2, 0.25) is 0 Å². The number of nitrogens with zero attached hydrogens (tertiary/aromatic N) is 1. The van der Waals surface area contributed by atoms with E-state index < -0.39 is 23.6 Å². The quantitative estimate of drug-likeness (QED) is 0.903. The van der Waals surface area contributed by atoms with Gasteiger partial charge < -0.3 is 19.5 Å². The van der Waals surface area contributed by atoms with E-state index in [1.807, 2.05) is 24.3 Å². The van der Waals surface area contributed by atoms with E-state index in [-0.39, 0.29) is 12.5 Å². The zero-order valence-corrected chi connectivity index (χ0v) is 15.3. The first-order valence-corrected chi connectivity index (χ1v) is 8.53. The predicted octanol–water partition coefficient (Wildman–Crippen LogP) is 3.20.